The number of anilines is 1. The summed E-state index contributed by atoms with van der Waals surface area (Å²) in [5.41, 5.74) is 1.15. The van der Waals surface area contributed by atoms with Crippen LogP contribution in [0.2, 0.25) is 0 Å². The lowest BCUT2D eigenvalue weighted by Gasteiger charge is -2.19. The van der Waals surface area contributed by atoms with Crippen molar-refractivity contribution in [1.29, 1.82) is 0 Å². The number of hydrogen-bond acceptors (Lipinski definition) is 5. The lowest BCUT2D eigenvalue weighted by molar-refractivity contribution is -0.118. The van der Waals surface area contributed by atoms with Crippen molar-refractivity contribution in [2.24, 2.45) is 0 Å². The maximum Gasteiger partial charge on any atom is 0.262 e. The Morgan fingerprint density at radius 3 is 2.18 bits per heavy atom. The third kappa shape index (κ3) is 3.01. The molecule has 2 N–H and O–H groups in total. The Labute approximate surface area is 160 Å². The van der Waals surface area contributed by atoms with Gasteiger partial charge in [0, 0.05) is 22.4 Å². The van der Waals surface area contributed by atoms with Crippen LogP contribution in [-0.4, -0.2) is 29.2 Å². The topological polar surface area (TPSA) is 92.7 Å². The van der Waals surface area contributed by atoms with Gasteiger partial charge in [0.15, 0.2) is 29.7 Å². The maximum absolute atomic E-state index is 12.8. The zero-order valence-corrected chi connectivity index (χ0v) is 14.6. The van der Waals surface area contributed by atoms with E-state index >= 15 is 0 Å². The predicted molar refractivity (Wildman–Crippen MR) is 102 cm³/mol. The number of phenols is 1. The number of carbonyl (C=O) groups excluding carboxylic acids is 3. The average Bonchev–Trinajstić information content (AvgIpc) is 2.72. The van der Waals surface area contributed by atoms with Crippen LogP contribution >= 0.6 is 0 Å². The smallest absolute Gasteiger partial charge is 0.262 e. The molecule has 3 aromatic rings. The van der Waals surface area contributed by atoms with Gasteiger partial charge in [0.25, 0.3) is 5.91 Å². The minimum atomic E-state index is -0.457. The normalized spacial score (nSPS) is 12.1. The number of rotatable bonds is 4. The van der Waals surface area contributed by atoms with E-state index in [-0.39, 0.29) is 34.8 Å². The Morgan fingerprint density at radius 1 is 0.821 bits per heavy atom. The molecule has 0 spiro atoms. The molecule has 138 valence electrons. The quantitative estimate of drug-likeness (QED) is 0.573. The highest BCUT2D eigenvalue weighted by atomic mass is 16.5. The molecular weight excluding hydrogens is 358 g/mol. The van der Waals surface area contributed by atoms with Crippen LogP contribution < -0.4 is 10.1 Å². The van der Waals surface area contributed by atoms with E-state index in [1.54, 1.807) is 48.5 Å². The van der Waals surface area contributed by atoms with Gasteiger partial charge in [-0.2, -0.15) is 0 Å². The fraction of sp³-hybridized carbons (Fsp3) is 0.0455. The third-order valence-electron chi connectivity index (χ3n) is 4.45. The van der Waals surface area contributed by atoms with Crippen LogP contribution in [0.25, 0.3) is 0 Å². The Morgan fingerprint density at radius 2 is 1.46 bits per heavy atom. The fourth-order valence-corrected chi connectivity index (χ4v) is 3.13. The van der Waals surface area contributed by atoms with Gasteiger partial charge in [0.1, 0.15) is 0 Å². The van der Waals surface area contributed by atoms with Crippen molar-refractivity contribution in [3.8, 4) is 11.5 Å². The molecule has 1 amide bonds. The minimum absolute atomic E-state index is 0.0394. The van der Waals surface area contributed by atoms with Gasteiger partial charge < -0.3 is 15.2 Å². The van der Waals surface area contributed by atoms with Gasteiger partial charge in [-0.1, -0.05) is 42.5 Å². The average molecular weight is 373 g/mol. The van der Waals surface area contributed by atoms with E-state index in [0.29, 0.717) is 11.3 Å². The van der Waals surface area contributed by atoms with Crippen molar-refractivity contribution < 1.29 is 24.2 Å². The van der Waals surface area contributed by atoms with Crippen molar-refractivity contribution in [2.45, 2.75) is 0 Å². The number of amides is 1. The van der Waals surface area contributed by atoms with Crippen molar-refractivity contribution >= 4 is 23.2 Å². The zero-order chi connectivity index (χ0) is 19.7. The van der Waals surface area contributed by atoms with Gasteiger partial charge in [-0.15, -0.1) is 0 Å². The van der Waals surface area contributed by atoms with Crippen molar-refractivity contribution in [3.63, 3.8) is 0 Å². The van der Waals surface area contributed by atoms with Crippen LogP contribution in [0.4, 0.5) is 5.69 Å². The maximum atomic E-state index is 12.8. The van der Waals surface area contributed by atoms with E-state index in [1.165, 1.54) is 12.1 Å². The van der Waals surface area contributed by atoms with Crippen molar-refractivity contribution in [1.82, 2.24) is 0 Å². The van der Waals surface area contributed by atoms with Gasteiger partial charge in [0.05, 0.1) is 5.56 Å². The first-order chi connectivity index (χ1) is 13.6. The minimum Gasteiger partial charge on any atom is -0.504 e. The molecule has 0 radical (unpaired) electrons. The number of benzene rings is 3. The first-order valence-corrected chi connectivity index (χ1v) is 8.58. The molecule has 0 saturated heterocycles. The van der Waals surface area contributed by atoms with E-state index in [0.717, 1.165) is 0 Å². The number of hydrogen-bond donors (Lipinski definition) is 2. The summed E-state index contributed by atoms with van der Waals surface area (Å²) in [6.07, 6.45) is 0. The number of phenolic OH excluding ortho intramolecular Hbond substituents is 1. The van der Waals surface area contributed by atoms with E-state index in [2.05, 4.69) is 5.32 Å². The highest BCUT2D eigenvalue weighted by Gasteiger charge is 2.33. The van der Waals surface area contributed by atoms with Crippen LogP contribution in [0.3, 0.4) is 0 Å². The SMILES string of the molecule is O=C(COc1ccc2c(c1O)C(=O)c1ccccc1C2=O)Nc1ccccc1. The monoisotopic (exact) mass is 373 g/mol. The molecule has 1 aliphatic rings. The molecule has 0 atom stereocenters. The molecule has 3 aromatic carbocycles. The van der Waals surface area contributed by atoms with Crippen LogP contribution in [0.15, 0.2) is 66.7 Å². The van der Waals surface area contributed by atoms with Crippen LogP contribution in [0.5, 0.6) is 11.5 Å². The number of carbonyl (C=O) groups is 3. The summed E-state index contributed by atoms with van der Waals surface area (Å²) in [4.78, 5) is 37.4. The zero-order valence-electron chi connectivity index (χ0n) is 14.6. The summed E-state index contributed by atoms with van der Waals surface area (Å²) < 4.78 is 5.38. The van der Waals surface area contributed by atoms with Gasteiger partial charge in [0.2, 0.25) is 0 Å². The predicted octanol–water partition coefficient (Wildman–Crippen LogP) is 3.19. The third-order valence-corrected chi connectivity index (χ3v) is 4.45. The van der Waals surface area contributed by atoms with Gasteiger partial charge >= 0.3 is 0 Å². The lowest BCUT2D eigenvalue weighted by atomic mass is 9.83. The van der Waals surface area contributed by atoms with Crippen LogP contribution in [0.1, 0.15) is 31.8 Å². The molecule has 0 aliphatic heterocycles. The molecule has 0 aromatic heterocycles. The molecule has 1 aliphatic carbocycles. The Balaban J connectivity index is 1.57. The first-order valence-electron chi connectivity index (χ1n) is 8.58. The van der Waals surface area contributed by atoms with E-state index in [1.807, 2.05) is 6.07 Å². The molecule has 0 fully saturated rings. The highest BCUT2D eigenvalue weighted by molar-refractivity contribution is 6.29. The number of para-hydroxylation sites is 1. The Kier molecular flexibility index (Phi) is 4.37. The molecule has 4 rings (SSSR count). The number of ketones is 2. The summed E-state index contributed by atoms with van der Waals surface area (Å²) >= 11 is 0. The van der Waals surface area contributed by atoms with Gasteiger partial charge in [-0.05, 0) is 24.3 Å². The van der Waals surface area contributed by atoms with Crippen molar-refractivity contribution in [3.05, 3.63) is 89.0 Å². The second kappa shape index (κ2) is 7.00. The summed E-state index contributed by atoms with van der Waals surface area (Å²) in [5.74, 6) is -1.70. The van der Waals surface area contributed by atoms with Crippen LogP contribution in [0, 0.1) is 0 Å². The van der Waals surface area contributed by atoms with E-state index < -0.39 is 17.4 Å². The van der Waals surface area contributed by atoms with Gasteiger partial charge in [-0.3, -0.25) is 14.4 Å². The lowest BCUT2D eigenvalue weighted by Crippen LogP contribution is -2.22. The Bertz CT molecular complexity index is 1110. The largest absolute Gasteiger partial charge is 0.504 e. The molecule has 28 heavy (non-hydrogen) atoms. The Hall–Kier alpha value is -3.93. The van der Waals surface area contributed by atoms with Crippen molar-refractivity contribution in [2.75, 3.05) is 11.9 Å². The number of aromatic hydroxyl groups is 1. The van der Waals surface area contributed by atoms with E-state index in [9.17, 15) is 19.5 Å². The molecule has 0 bridgehead atoms. The highest BCUT2D eigenvalue weighted by Crippen LogP contribution is 2.38. The standard InChI is InChI=1S/C22H15NO5/c24-18(23-13-6-2-1-3-7-13)12-28-17-11-10-16-19(22(17)27)21(26)15-9-5-4-8-14(15)20(16)25/h1-11,27H,12H2,(H,23,24). The summed E-state index contributed by atoms with van der Waals surface area (Å²) in [5, 5.41) is 13.2. The molecule has 6 heteroatoms. The number of ether oxygens (including phenoxy) is 1. The summed E-state index contributed by atoms with van der Waals surface area (Å²) in [6, 6.07) is 18.1. The van der Waals surface area contributed by atoms with E-state index in [4.69, 9.17) is 4.74 Å². The fourth-order valence-electron chi connectivity index (χ4n) is 3.13. The summed E-state index contributed by atoms with van der Waals surface area (Å²) in [7, 11) is 0. The molecule has 0 saturated carbocycles. The molecule has 6 nitrogen and oxygen atoms in total. The molecular formula is C22H15NO5. The molecule has 0 heterocycles. The second-order valence-corrected chi connectivity index (χ2v) is 6.24. The van der Waals surface area contributed by atoms with Gasteiger partial charge in [-0.25, -0.2) is 0 Å². The van der Waals surface area contributed by atoms with Crippen LogP contribution in [-0.2, 0) is 4.79 Å². The second-order valence-electron chi connectivity index (χ2n) is 6.24. The first kappa shape index (κ1) is 17.5. The molecule has 0 unspecified atom stereocenters. The number of nitrogens with one attached hydrogen (secondary N) is 1. The number of fused-ring (bicyclic) bond motifs is 2. The summed E-state index contributed by atoms with van der Waals surface area (Å²) in [6.45, 7) is -0.361.